The molecule has 1 aromatic rings. The summed E-state index contributed by atoms with van der Waals surface area (Å²) < 4.78 is 5.43. The fourth-order valence-electron chi connectivity index (χ4n) is 2.99. The molecule has 2 rings (SSSR count). The van der Waals surface area contributed by atoms with Gasteiger partial charge in [-0.2, -0.15) is 0 Å². The van der Waals surface area contributed by atoms with E-state index in [1.165, 1.54) is 16.7 Å². The van der Waals surface area contributed by atoms with Crippen LogP contribution in [0.1, 0.15) is 30.0 Å². The van der Waals surface area contributed by atoms with E-state index in [4.69, 9.17) is 4.74 Å². The fourth-order valence-corrected chi connectivity index (χ4v) is 2.99. The van der Waals surface area contributed by atoms with Crippen LogP contribution in [0.4, 0.5) is 0 Å². The van der Waals surface area contributed by atoms with Gasteiger partial charge in [-0.05, 0) is 43.5 Å². The summed E-state index contributed by atoms with van der Waals surface area (Å²) in [6.07, 6.45) is 1.01. The van der Waals surface area contributed by atoms with Crippen molar-refractivity contribution in [3.8, 4) is 0 Å². The highest BCUT2D eigenvalue weighted by atomic mass is 16.5. The summed E-state index contributed by atoms with van der Waals surface area (Å²) in [5.41, 5.74) is 3.85. The fraction of sp³-hybridized carbons (Fsp3) is 0.588. The predicted octanol–water partition coefficient (Wildman–Crippen LogP) is 2.62. The van der Waals surface area contributed by atoms with Gasteiger partial charge in [-0.25, -0.2) is 0 Å². The first-order valence-electron chi connectivity index (χ1n) is 7.64. The van der Waals surface area contributed by atoms with Crippen LogP contribution >= 0.6 is 0 Å². The van der Waals surface area contributed by atoms with Crippen molar-refractivity contribution in [1.29, 1.82) is 0 Å². The number of carboxylic acids is 1. The second-order valence-electron chi connectivity index (χ2n) is 5.88. The second-order valence-corrected chi connectivity index (χ2v) is 5.88. The molecule has 0 radical (unpaired) electrons. The molecular weight excluding hydrogens is 266 g/mol. The van der Waals surface area contributed by atoms with E-state index in [1.54, 1.807) is 0 Å². The van der Waals surface area contributed by atoms with E-state index in [-0.39, 0.29) is 6.04 Å². The largest absolute Gasteiger partial charge is 0.481 e. The van der Waals surface area contributed by atoms with E-state index < -0.39 is 11.9 Å². The third kappa shape index (κ3) is 3.63. The molecule has 1 saturated heterocycles. The van der Waals surface area contributed by atoms with Crippen LogP contribution in [0.2, 0.25) is 0 Å². The topological polar surface area (TPSA) is 49.8 Å². The highest BCUT2D eigenvalue weighted by Gasteiger charge is 2.37. The molecule has 21 heavy (non-hydrogen) atoms. The van der Waals surface area contributed by atoms with Crippen LogP contribution in [0.15, 0.2) is 18.2 Å². The van der Waals surface area contributed by atoms with Crippen LogP contribution in [0.3, 0.4) is 0 Å². The van der Waals surface area contributed by atoms with Crippen molar-refractivity contribution in [3.63, 3.8) is 0 Å². The van der Waals surface area contributed by atoms with Crippen molar-refractivity contribution in [1.82, 2.24) is 4.90 Å². The maximum absolute atomic E-state index is 11.4. The molecule has 1 fully saturated rings. The minimum Gasteiger partial charge on any atom is -0.481 e. The quantitative estimate of drug-likeness (QED) is 0.875. The maximum Gasteiger partial charge on any atom is 0.310 e. The van der Waals surface area contributed by atoms with Gasteiger partial charge in [0.15, 0.2) is 0 Å². The number of carboxylic acid groups (broad SMARTS) is 1. The molecule has 4 nitrogen and oxygen atoms in total. The first-order valence-corrected chi connectivity index (χ1v) is 7.64. The molecule has 1 aliphatic heterocycles. The first kappa shape index (κ1) is 16.0. The highest BCUT2D eigenvalue weighted by molar-refractivity contribution is 5.71. The van der Waals surface area contributed by atoms with Gasteiger partial charge >= 0.3 is 5.97 Å². The van der Waals surface area contributed by atoms with Gasteiger partial charge in [-0.3, -0.25) is 9.69 Å². The number of nitrogens with zero attached hydrogens (tertiary/aromatic N) is 1. The highest BCUT2D eigenvalue weighted by Crippen LogP contribution is 2.24. The number of ether oxygens (including phenoxy) is 1. The van der Waals surface area contributed by atoms with E-state index in [1.807, 2.05) is 0 Å². The summed E-state index contributed by atoms with van der Waals surface area (Å²) in [5, 5.41) is 9.36. The predicted molar refractivity (Wildman–Crippen MR) is 82.3 cm³/mol. The molecule has 0 aromatic heterocycles. The third-order valence-electron chi connectivity index (χ3n) is 4.44. The number of hydrogen-bond acceptors (Lipinski definition) is 3. The van der Waals surface area contributed by atoms with E-state index in [2.05, 4.69) is 43.9 Å². The Labute approximate surface area is 126 Å². The molecule has 2 unspecified atom stereocenters. The van der Waals surface area contributed by atoms with Gasteiger partial charge in [-0.1, -0.05) is 25.1 Å². The SMILES string of the molecule is CCCN(Cc1cccc(C)c1C)C1COCC1C(=O)O. The summed E-state index contributed by atoms with van der Waals surface area (Å²) in [6, 6.07) is 6.29. The van der Waals surface area contributed by atoms with Crippen LogP contribution < -0.4 is 0 Å². The molecule has 0 amide bonds. The summed E-state index contributed by atoms with van der Waals surface area (Å²) >= 11 is 0. The maximum atomic E-state index is 11.4. The molecule has 116 valence electrons. The lowest BCUT2D eigenvalue weighted by atomic mass is 9.99. The van der Waals surface area contributed by atoms with Crippen LogP contribution in [0.5, 0.6) is 0 Å². The number of hydrogen-bond donors (Lipinski definition) is 1. The molecular formula is C17H25NO3. The average molecular weight is 291 g/mol. The van der Waals surface area contributed by atoms with E-state index in [9.17, 15) is 9.90 Å². The van der Waals surface area contributed by atoms with Gasteiger partial charge in [-0.15, -0.1) is 0 Å². The number of aryl methyl sites for hydroxylation is 1. The number of aliphatic carboxylic acids is 1. The summed E-state index contributed by atoms with van der Waals surface area (Å²) in [4.78, 5) is 13.7. The van der Waals surface area contributed by atoms with Gasteiger partial charge in [0, 0.05) is 12.6 Å². The van der Waals surface area contributed by atoms with Crippen molar-refractivity contribution in [2.75, 3.05) is 19.8 Å². The summed E-state index contributed by atoms with van der Waals surface area (Å²) in [6.45, 7) is 8.90. The summed E-state index contributed by atoms with van der Waals surface area (Å²) in [7, 11) is 0. The number of rotatable bonds is 6. The Kier molecular flexibility index (Phi) is 5.37. The molecule has 2 atom stereocenters. The van der Waals surface area contributed by atoms with Crippen molar-refractivity contribution in [2.45, 2.75) is 39.8 Å². The Bertz CT molecular complexity index is 501. The van der Waals surface area contributed by atoms with Crippen LogP contribution in [-0.4, -0.2) is 41.8 Å². The Balaban J connectivity index is 2.19. The normalized spacial score (nSPS) is 21.9. The van der Waals surface area contributed by atoms with Crippen LogP contribution in [0, 0.1) is 19.8 Å². The van der Waals surface area contributed by atoms with Crippen molar-refractivity contribution in [2.24, 2.45) is 5.92 Å². The lowest BCUT2D eigenvalue weighted by Crippen LogP contribution is -2.43. The molecule has 0 saturated carbocycles. The van der Waals surface area contributed by atoms with Gasteiger partial charge in [0.1, 0.15) is 0 Å². The zero-order chi connectivity index (χ0) is 15.4. The third-order valence-corrected chi connectivity index (χ3v) is 4.44. The standard InChI is InChI=1S/C17H25NO3/c1-4-8-18(16-11-21-10-15(16)17(19)20)9-14-7-5-6-12(2)13(14)3/h5-7,15-16H,4,8-11H2,1-3H3,(H,19,20). The zero-order valence-electron chi connectivity index (χ0n) is 13.1. The number of carbonyl (C=O) groups is 1. The number of benzene rings is 1. The lowest BCUT2D eigenvalue weighted by molar-refractivity contribution is -0.143. The monoisotopic (exact) mass is 291 g/mol. The van der Waals surface area contributed by atoms with E-state index in [0.717, 1.165) is 19.5 Å². The minimum atomic E-state index is -0.750. The van der Waals surface area contributed by atoms with Crippen molar-refractivity contribution < 1.29 is 14.6 Å². The van der Waals surface area contributed by atoms with E-state index >= 15 is 0 Å². The van der Waals surface area contributed by atoms with Gasteiger partial charge < -0.3 is 9.84 Å². The molecule has 1 aromatic carbocycles. The minimum absolute atomic E-state index is 0.0256. The smallest absolute Gasteiger partial charge is 0.310 e. The molecule has 1 N–H and O–H groups in total. The Morgan fingerprint density at radius 1 is 1.38 bits per heavy atom. The average Bonchev–Trinajstić information content (AvgIpc) is 2.92. The zero-order valence-corrected chi connectivity index (χ0v) is 13.1. The van der Waals surface area contributed by atoms with Crippen LogP contribution in [0.25, 0.3) is 0 Å². The molecule has 1 heterocycles. The second kappa shape index (κ2) is 7.05. The molecule has 4 heteroatoms. The van der Waals surface area contributed by atoms with Gasteiger partial charge in [0.2, 0.25) is 0 Å². The Morgan fingerprint density at radius 3 is 2.81 bits per heavy atom. The van der Waals surface area contributed by atoms with Crippen molar-refractivity contribution in [3.05, 3.63) is 34.9 Å². The Hall–Kier alpha value is -1.39. The molecule has 0 bridgehead atoms. The molecule has 0 aliphatic carbocycles. The van der Waals surface area contributed by atoms with Crippen LogP contribution in [-0.2, 0) is 16.1 Å². The molecule has 0 spiro atoms. The first-order chi connectivity index (χ1) is 10.0. The van der Waals surface area contributed by atoms with Gasteiger partial charge in [0.25, 0.3) is 0 Å². The summed E-state index contributed by atoms with van der Waals surface area (Å²) in [5.74, 6) is -1.17. The van der Waals surface area contributed by atoms with E-state index in [0.29, 0.717) is 13.2 Å². The molecule has 1 aliphatic rings. The van der Waals surface area contributed by atoms with Gasteiger partial charge in [0.05, 0.1) is 19.1 Å². The lowest BCUT2D eigenvalue weighted by Gasteiger charge is -2.30. The van der Waals surface area contributed by atoms with Crippen molar-refractivity contribution >= 4 is 5.97 Å². The Morgan fingerprint density at radius 2 is 2.14 bits per heavy atom.